The monoisotopic (exact) mass is 491 g/mol. The summed E-state index contributed by atoms with van der Waals surface area (Å²) in [5.74, 6) is 0.651. The van der Waals surface area contributed by atoms with Gasteiger partial charge in [-0.1, -0.05) is 57.9 Å². The van der Waals surface area contributed by atoms with Gasteiger partial charge >= 0.3 is 5.97 Å². The molecule has 0 spiro atoms. The number of hydrogen-bond donors (Lipinski definition) is 0. The zero-order valence-electron chi connectivity index (χ0n) is 23.1. The standard InChI is InChI=1S/C29H49NO5/c1-7-8-15-18-26-23(2)24(3)27(35-26)19-16-13-11-9-10-12-14-17-20-29(33)34-25(21-28(31)32)22-30(4,5)6/h15,18,25H,7-14,16-17,19-22H2,1-6H3/b18-15+. The molecule has 0 aliphatic heterocycles. The fourth-order valence-electron chi connectivity index (χ4n) is 4.23. The number of allylic oxidation sites excluding steroid dienone is 1. The largest absolute Gasteiger partial charge is 0.550 e. The molecule has 0 fully saturated rings. The van der Waals surface area contributed by atoms with Gasteiger partial charge < -0.3 is 23.5 Å². The number of aryl methyl sites for hydroxylation is 1. The highest BCUT2D eigenvalue weighted by Gasteiger charge is 2.22. The zero-order valence-corrected chi connectivity index (χ0v) is 23.1. The Labute approximate surface area is 213 Å². The molecule has 1 aromatic rings. The number of carboxylic acid groups (broad SMARTS) is 1. The van der Waals surface area contributed by atoms with E-state index in [2.05, 4.69) is 32.9 Å². The van der Waals surface area contributed by atoms with Crippen molar-refractivity contribution in [1.29, 1.82) is 0 Å². The summed E-state index contributed by atoms with van der Waals surface area (Å²) in [6.45, 7) is 6.94. The SMILES string of the molecule is CCC/C=C/c1oc(CCCCCCCCCCC(=O)OC(CC(=O)[O-])C[N+](C)(C)C)c(C)c1C. The quantitative estimate of drug-likeness (QED) is 0.145. The first kappa shape index (κ1) is 31.0. The van der Waals surface area contributed by atoms with E-state index in [0.29, 0.717) is 17.4 Å². The Kier molecular flexibility index (Phi) is 14.6. The molecule has 0 saturated carbocycles. The maximum Gasteiger partial charge on any atom is 0.306 e. The number of ether oxygens (including phenoxy) is 1. The molecule has 0 saturated heterocycles. The smallest absolute Gasteiger partial charge is 0.306 e. The fourth-order valence-corrected chi connectivity index (χ4v) is 4.23. The van der Waals surface area contributed by atoms with Gasteiger partial charge in [-0.3, -0.25) is 4.79 Å². The minimum Gasteiger partial charge on any atom is -0.550 e. The normalized spacial score (nSPS) is 12.9. The molecule has 1 aromatic heterocycles. The van der Waals surface area contributed by atoms with Crippen LogP contribution < -0.4 is 5.11 Å². The summed E-state index contributed by atoms with van der Waals surface area (Å²) in [5.41, 5.74) is 2.56. The van der Waals surface area contributed by atoms with Gasteiger partial charge in [0, 0.05) is 25.2 Å². The lowest BCUT2D eigenvalue weighted by Crippen LogP contribution is -2.45. The topological polar surface area (TPSA) is 79.6 Å². The summed E-state index contributed by atoms with van der Waals surface area (Å²) >= 11 is 0. The number of quaternary nitrogens is 1. The summed E-state index contributed by atoms with van der Waals surface area (Å²) in [7, 11) is 5.83. The lowest BCUT2D eigenvalue weighted by atomic mass is 10.0. The number of carbonyl (C=O) groups is 2. The van der Waals surface area contributed by atoms with Crippen LogP contribution in [0.2, 0.25) is 0 Å². The van der Waals surface area contributed by atoms with Gasteiger partial charge in [0.05, 0.1) is 21.1 Å². The Hall–Kier alpha value is -2.08. The number of hydrogen-bond acceptors (Lipinski definition) is 5. The van der Waals surface area contributed by atoms with Crippen LogP contribution in [0.1, 0.15) is 107 Å². The van der Waals surface area contributed by atoms with E-state index in [4.69, 9.17) is 9.15 Å². The van der Waals surface area contributed by atoms with Crippen LogP contribution in [0.15, 0.2) is 10.5 Å². The number of nitrogens with zero attached hydrogens (tertiary/aromatic N) is 1. The first-order chi connectivity index (χ1) is 16.5. The Morgan fingerprint density at radius 2 is 1.57 bits per heavy atom. The number of aliphatic carboxylic acids is 1. The molecule has 6 heteroatoms. The predicted molar refractivity (Wildman–Crippen MR) is 140 cm³/mol. The van der Waals surface area contributed by atoms with Crippen LogP contribution in [0.25, 0.3) is 6.08 Å². The van der Waals surface area contributed by atoms with Crippen LogP contribution in [0, 0.1) is 13.8 Å². The van der Waals surface area contributed by atoms with Crippen molar-refractivity contribution in [1.82, 2.24) is 0 Å². The Balaban J connectivity index is 2.14. The summed E-state index contributed by atoms with van der Waals surface area (Å²) < 4.78 is 12.0. The first-order valence-corrected chi connectivity index (χ1v) is 13.5. The molecule has 0 bridgehead atoms. The highest BCUT2D eigenvalue weighted by molar-refractivity contribution is 5.70. The molecule has 0 amide bonds. The van der Waals surface area contributed by atoms with Crippen LogP contribution in [0.5, 0.6) is 0 Å². The summed E-state index contributed by atoms with van der Waals surface area (Å²) in [6, 6.07) is 0. The maximum absolute atomic E-state index is 12.1. The van der Waals surface area contributed by atoms with Crippen molar-refractivity contribution in [3.05, 3.63) is 28.7 Å². The minimum atomic E-state index is -1.19. The van der Waals surface area contributed by atoms with Crippen LogP contribution in [0.3, 0.4) is 0 Å². The van der Waals surface area contributed by atoms with E-state index in [1.165, 1.54) is 36.8 Å². The Bertz CT molecular complexity index is 788. The second-order valence-corrected chi connectivity index (χ2v) is 10.8. The number of rotatable bonds is 19. The predicted octanol–water partition coefficient (Wildman–Crippen LogP) is 5.52. The third kappa shape index (κ3) is 14.2. The second kappa shape index (κ2) is 16.6. The van der Waals surface area contributed by atoms with Gasteiger partial charge in [-0.05, 0) is 50.3 Å². The van der Waals surface area contributed by atoms with Crippen molar-refractivity contribution < 1.29 is 28.3 Å². The van der Waals surface area contributed by atoms with E-state index >= 15 is 0 Å². The van der Waals surface area contributed by atoms with E-state index < -0.39 is 12.1 Å². The molecule has 6 nitrogen and oxygen atoms in total. The molecule has 0 aromatic carbocycles. The molecule has 1 unspecified atom stereocenters. The molecular weight excluding hydrogens is 442 g/mol. The van der Waals surface area contributed by atoms with Gasteiger partial charge in [0.25, 0.3) is 0 Å². The lowest BCUT2D eigenvalue weighted by Gasteiger charge is -2.29. The summed E-state index contributed by atoms with van der Waals surface area (Å²) in [5, 5.41) is 10.9. The fraction of sp³-hybridized carbons (Fsp3) is 0.724. The first-order valence-electron chi connectivity index (χ1n) is 13.5. The average molecular weight is 492 g/mol. The van der Waals surface area contributed by atoms with Gasteiger partial charge in [-0.25, -0.2) is 0 Å². The summed E-state index contributed by atoms with van der Waals surface area (Å²) in [6.07, 6.45) is 15.9. The van der Waals surface area contributed by atoms with Crippen LogP contribution in [0.4, 0.5) is 0 Å². The van der Waals surface area contributed by atoms with Crippen LogP contribution >= 0.6 is 0 Å². The number of furan rings is 1. The third-order valence-electron chi connectivity index (χ3n) is 6.29. The van der Waals surface area contributed by atoms with E-state index in [1.807, 2.05) is 21.1 Å². The lowest BCUT2D eigenvalue weighted by molar-refractivity contribution is -0.873. The molecule has 0 aliphatic carbocycles. The van der Waals surface area contributed by atoms with Crippen molar-refractivity contribution in [3.8, 4) is 0 Å². The van der Waals surface area contributed by atoms with E-state index in [0.717, 1.165) is 56.5 Å². The highest BCUT2D eigenvalue weighted by Crippen LogP contribution is 2.24. The van der Waals surface area contributed by atoms with Gasteiger partial charge in [0.1, 0.15) is 18.1 Å². The third-order valence-corrected chi connectivity index (χ3v) is 6.29. The van der Waals surface area contributed by atoms with Crippen molar-refractivity contribution in [3.63, 3.8) is 0 Å². The number of likely N-dealkylation sites (N-methyl/N-ethyl adjacent to an activating group) is 1. The molecule has 1 rings (SSSR count). The second-order valence-electron chi connectivity index (χ2n) is 10.8. The molecule has 0 aliphatic rings. The van der Waals surface area contributed by atoms with Gasteiger partial charge in [0.15, 0.2) is 6.10 Å². The maximum atomic E-state index is 12.1. The van der Waals surface area contributed by atoms with Gasteiger partial charge in [0.2, 0.25) is 0 Å². The molecule has 200 valence electrons. The van der Waals surface area contributed by atoms with Gasteiger partial charge in [-0.15, -0.1) is 0 Å². The molecule has 1 atom stereocenters. The number of carbonyl (C=O) groups excluding carboxylic acids is 2. The Morgan fingerprint density at radius 3 is 2.14 bits per heavy atom. The molecule has 0 N–H and O–H groups in total. The molecular formula is C29H49NO5. The van der Waals surface area contributed by atoms with E-state index in [9.17, 15) is 14.7 Å². The molecule has 35 heavy (non-hydrogen) atoms. The average Bonchev–Trinajstić information content (AvgIpc) is 3.01. The van der Waals surface area contributed by atoms with Crippen molar-refractivity contribution in [2.45, 2.75) is 110 Å². The number of carboxylic acids is 1. The zero-order chi connectivity index (χ0) is 26.3. The summed E-state index contributed by atoms with van der Waals surface area (Å²) in [4.78, 5) is 23.0. The van der Waals surface area contributed by atoms with Gasteiger partial charge in [-0.2, -0.15) is 0 Å². The van der Waals surface area contributed by atoms with Crippen LogP contribution in [-0.2, 0) is 20.7 Å². The molecule has 0 radical (unpaired) electrons. The minimum absolute atomic E-state index is 0.252. The van der Waals surface area contributed by atoms with Crippen molar-refractivity contribution in [2.24, 2.45) is 0 Å². The number of esters is 1. The molecule has 1 heterocycles. The van der Waals surface area contributed by atoms with Crippen molar-refractivity contribution >= 4 is 18.0 Å². The highest BCUT2D eigenvalue weighted by atomic mass is 16.5. The Morgan fingerprint density at radius 1 is 0.971 bits per heavy atom. The van der Waals surface area contributed by atoms with Crippen LogP contribution in [-0.4, -0.2) is 50.2 Å². The van der Waals surface area contributed by atoms with E-state index in [-0.39, 0.29) is 12.4 Å². The van der Waals surface area contributed by atoms with Crippen molar-refractivity contribution in [2.75, 3.05) is 27.7 Å². The number of unbranched alkanes of at least 4 members (excludes halogenated alkanes) is 8. The van der Waals surface area contributed by atoms with E-state index in [1.54, 1.807) is 0 Å².